The number of benzene rings is 1. The van der Waals surface area contributed by atoms with E-state index < -0.39 is 5.85 Å². The van der Waals surface area contributed by atoms with Gasteiger partial charge in [0.1, 0.15) is 5.75 Å². The average molecular weight is 381 g/mol. The summed E-state index contributed by atoms with van der Waals surface area (Å²) in [6.45, 7) is 7.68. The molecule has 0 amide bonds. The first-order valence-electron chi connectivity index (χ1n) is 9.10. The van der Waals surface area contributed by atoms with Crippen LogP contribution in [0, 0.1) is 6.92 Å². The Kier molecular flexibility index (Phi) is 5.93. The SMILES string of the molecule is CCCN1CCC(n2nc(-c3ccc(OC(F)(F)P)cc3)cc2C)CC1. The number of aryl methyl sites for hydroxylation is 1. The van der Waals surface area contributed by atoms with E-state index in [1.54, 1.807) is 24.3 Å². The quantitative estimate of drug-likeness (QED) is 0.679. The summed E-state index contributed by atoms with van der Waals surface area (Å²) in [4.78, 5) is 2.51. The maximum atomic E-state index is 12.9. The van der Waals surface area contributed by atoms with Crippen LogP contribution >= 0.6 is 9.24 Å². The molecule has 3 rings (SSSR count). The summed E-state index contributed by atoms with van der Waals surface area (Å²) < 4.78 is 32.5. The summed E-state index contributed by atoms with van der Waals surface area (Å²) in [6.07, 6.45) is 3.41. The number of nitrogens with zero attached hydrogens (tertiary/aromatic N) is 3. The molecule has 1 aliphatic rings. The largest absolute Gasteiger partial charge is 0.430 e. The van der Waals surface area contributed by atoms with E-state index in [2.05, 4.69) is 34.2 Å². The molecule has 0 spiro atoms. The van der Waals surface area contributed by atoms with Gasteiger partial charge in [0.2, 0.25) is 0 Å². The van der Waals surface area contributed by atoms with Crippen molar-refractivity contribution in [2.45, 2.75) is 45.0 Å². The van der Waals surface area contributed by atoms with Crippen LogP contribution in [0.1, 0.15) is 37.9 Å². The molecule has 0 bridgehead atoms. The maximum Gasteiger partial charge on any atom is 0.408 e. The molecule has 1 fully saturated rings. The Morgan fingerprint density at radius 1 is 1.23 bits per heavy atom. The lowest BCUT2D eigenvalue weighted by molar-refractivity contribution is -0.0892. The molecule has 2 heterocycles. The summed E-state index contributed by atoms with van der Waals surface area (Å²) in [5.74, 6) is -3.13. The van der Waals surface area contributed by atoms with Crippen LogP contribution in [0.4, 0.5) is 8.78 Å². The van der Waals surface area contributed by atoms with Crippen LogP contribution in [0.2, 0.25) is 0 Å². The number of aromatic nitrogens is 2. The van der Waals surface area contributed by atoms with E-state index in [-0.39, 0.29) is 5.75 Å². The van der Waals surface area contributed by atoms with Gasteiger partial charge in [-0.15, -0.1) is 0 Å². The Morgan fingerprint density at radius 2 is 1.88 bits per heavy atom. The highest BCUT2D eigenvalue weighted by atomic mass is 31.0. The third-order valence-electron chi connectivity index (χ3n) is 4.77. The molecule has 142 valence electrons. The van der Waals surface area contributed by atoms with Crippen molar-refractivity contribution in [1.82, 2.24) is 14.7 Å². The van der Waals surface area contributed by atoms with Crippen LogP contribution in [0.3, 0.4) is 0 Å². The number of hydrogen-bond acceptors (Lipinski definition) is 3. The smallest absolute Gasteiger partial charge is 0.408 e. The van der Waals surface area contributed by atoms with Gasteiger partial charge in [-0.3, -0.25) is 4.68 Å². The molecule has 2 aromatic rings. The van der Waals surface area contributed by atoms with Crippen molar-refractivity contribution in [2.24, 2.45) is 0 Å². The van der Waals surface area contributed by atoms with Crippen LogP contribution in [0.5, 0.6) is 5.75 Å². The van der Waals surface area contributed by atoms with Gasteiger partial charge < -0.3 is 9.64 Å². The number of piperidine rings is 1. The van der Waals surface area contributed by atoms with Crippen molar-refractivity contribution in [1.29, 1.82) is 0 Å². The van der Waals surface area contributed by atoms with E-state index >= 15 is 0 Å². The molecule has 1 unspecified atom stereocenters. The Labute approximate surface area is 155 Å². The second-order valence-electron chi connectivity index (χ2n) is 6.88. The lowest BCUT2D eigenvalue weighted by Gasteiger charge is -2.32. The minimum atomic E-state index is -3.26. The number of alkyl halides is 2. The first-order chi connectivity index (χ1) is 12.4. The minimum Gasteiger partial charge on any atom is -0.430 e. The topological polar surface area (TPSA) is 30.3 Å². The molecule has 4 nitrogen and oxygen atoms in total. The van der Waals surface area contributed by atoms with E-state index in [9.17, 15) is 8.78 Å². The van der Waals surface area contributed by atoms with Crippen molar-refractivity contribution in [3.8, 4) is 17.0 Å². The van der Waals surface area contributed by atoms with E-state index in [1.807, 2.05) is 0 Å². The number of rotatable bonds is 6. The van der Waals surface area contributed by atoms with Gasteiger partial charge in [0.05, 0.1) is 11.7 Å². The maximum absolute atomic E-state index is 12.9. The second-order valence-corrected chi connectivity index (χ2v) is 7.55. The molecule has 1 atom stereocenters. The average Bonchev–Trinajstić information content (AvgIpc) is 2.97. The van der Waals surface area contributed by atoms with Gasteiger partial charge in [-0.25, -0.2) is 0 Å². The van der Waals surface area contributed by atoms with Crippen molar-refractivity contribution >= 4 is 9.24 Å². The Hall–Kier alpha value is -1.52. The van der Waals surface area contributed by atoms with Crippen LogP contribution < -0.4 is 4.74 Å². The fraction of sp³-hybridized carbons (Fsp3) is 0.526. The van der Waals surface area contributed by atoms with Gasteiger partial charge in [-0.2, -0.15) is 13.9 Å². The van der Waals surface area contributed by atoms with Crippen LogP contribution in [-0.2, 0) is 0 Å². The fourth-order valence-corrected chi connectivity index (χ4v) is 3.69. The Morgan fingerprint density at radius 3 is 2.46 bits per heavy atom. The standard InChI is InChI=1S/C19H26F2N3OP/c1-3-10-23-11-8-16(9-12-23)24-14(2)13-18(22-24)15-4-6-17(7-5-15)25-19(20,21)26/h4-7,13,16H,3,8-12,26H2,1-2H3. The number of likely N-dealkylation sites (tertiary alicyclic amines) is 1. The summed E-state index contributed by atoms with van der Waals surface area (Å²) in [5.41, 5.74) is 2.89. The lowest BCUT2D eigenvalue weighted by atomic mass is 10.0. The molecule has 1 aromatic heterocycles. The zero-order valence-electron chi connectivity index (χ0n) is 15.3. The number of hydrogen-bond donors (Lipinski definition) is 0. The molecule has 7 heteroatoms. The van der Waals surface area contributed by atoms with Gasteiger partial charge in [0, 0.05) is 24.3 Å². The van der Waals surface area contributed by atoms with Gasteiger partial charge >= 0.3 is 5.85 Å². The monoisotopic (exact) mass is 381 g/mol. The summed E-state index contributed by atoms with van der Waals surface area (Å²) in [7, 11) is 1.37. The van der Waals surface area contributed by atoms with Crippen LogP contribution in [0.15, 0.2) is 30.3 Å². The zero-order chi connectivity index (χ0) is 18.7. The number of ether oxygens (including phenoxy) is 1. The molecule has 0 N–H and O–H groups in total. The normalized spacial score (nSPS) is 16.8. The number of halogens is 2. The van der Waals surface area contributed by atoms with E-state index in [4.69, 9.17) is 5.10 Å². The van der Waals surface area contributed by atoms with Crippen LogP contribution in [-0.4, -0.2) is 40.2 Å². The zero-order valence-corrected chi connectivity index (χ0v) is 16.4. The molecule has 1 aliphatic heterocycles. The van der Waals surface area contributed by atoms with Crippen molar-refractivity contribution in [3.63, 3.8) is 0 Å². The second kappa shape index (κ2) is 8.01. The molecule has 26 heavy (non-hydrogen) atoms. The molecule has 0 radical (unpaired) electrons. The van der Waals surface area contributed by atoms with Gasteiger partial charge in [-0.1, -0.05) is 6.92 Å². The molecule has 1 saturated heterocycles. The third kappa shape index (κ3) is 4.80. The minimum absolute atomic E-state index is 0.133. The summed E-state index contributed by atoms with van der Waals surface area (Å²) in [5, 5.41) is 4.78. The van der Waals surface area contributed by atoms with Gasteiger partial charge in [0.15, 0.2) is 0 Å². The van der Waals surface area contributed by atoms with E-state index in [0.29, 0.717) is 6.04 Å². The molecular formula is C19H26F2N3OP. The highest BCUT2D eigenvalue weighted by Gasteiger charge is 2.24. The lowest BCUT2D eigenvalue weighted by Crippen LogP contribution is -2.35. The highest BCUT2D eigenvalue weighted by molar-refractivity contribution is 7.17. The Balaban J connectivity index is 1.70. The third-order valence-corrected chi connectivity index (χ3v) is 4.89. The molecular weight excluding hydrogens is 355 g/mol. The predicted octanol–water partition coefficient (Wildman–Crippen LogP) is 4.71. The summed E-state index contributed by atoms with van der Waals surface area (Å²) >= 11 is 0. The molecule has 1 aromatic carbocycles. The highest BCUT2D eigenvalue weighted by Crippen LogP contribution is 2.30. The Bertz CT molecular complexity index is 719. The van der Waals surface area contributed by atoms with Crippen molar-refractivity contribution < 1.29 is 13.5 Å². The molecule has 0 saturated carbocycles. The van der Waals surface area contributed by atoms with Crippen LogP contribution in [0.25, 0.3) is 11.3 Å². The van der Waals surface area contributed by atoms with Crippen molar-refractivity contribution in [2.75, 3.05) is 19.6 Å². The first-order valence-corrected chi connectivity index (χ1v) is 9.68. The molecule has 0 aliphatic carbocycles. The van der Waals surface area contributed by atoms with E-state index in [1.165, 1.54) is 22.2 Å². The van der Waals surface area contributed by atoms with E-state index in [0.717, 1.165) is 42.9 Å². The first kappa shape index (κ1) is 19.2. The summed E-state index contributed by atoms with van der Waals surface area (Å²) in [6, 6.07) is 9.10. The van der Waals surface area contributed by atoms with Gasteiger partial charge in [0.25, 0.3) is 0 Å². The van der Waals surface area contributed by atoms with Gasteiger partial charge in [-0.05, 0) is 72.3 Å². The predicted molar refractivity (Wildman–Crippen MR) is 103 cm³/mol. The fourth-order valence-electron chi connectivity index (χ4n) is 3.55. The van der Waals surface area contributed by atoms with Crippen molar-refractivity contribution in [3.05, 3.63) is 36.0 Å².